The SMILES string of the molecule is CCCCCCCCNc1nc2ccc(C)cn2c(=O)c1C=C1SC(=S)N(Cc2ccccc2Cl)C1=O. The predicted octanol–water partition coefficient (Wildman–Crippen LogP) is 6.83. The van der Waals surface area contributed by atoms with Gasteiger partial charge in [-0.25, -0.2) is 4.98 Å². The van der Waals surface area contributed by atoms with Gasteiger partial charge in [0.15, 0.2) is 0 Å². The molecule has 0 saturated carbocycles. The topological polar surface area (TPSA) is 66.7 Å². The molecule has 1 aromatic carbocycles. The van der Waals surface area contributed by atoms with Gasteiger partial charge in [-0.05, 0) is 42.7 Å². The normalized spacial score (nSPS) is 14.8. The number of rotatable bonds is 11. The molecule has 0 bridgehead atoms. The minimum atomic E-state index is -0.245. The van der Waals surface area contributed by atoms with Crippen molar-refractivity contribution in [3.05, 3.63) is 79.6 Å². The minimum absolute atomic E-state index is 0.226. The van der Waals surface area contributed by atoms with Crippen molar-refractivity contribution in [3.8, 4) is 0 Å². The number of thiocarbonyl (C=S) groups is 1. The first-order valence-corrected chi connectivity index (χ1v) is 14.2. The minimum Gasteiger partial charge on any atom is -0.369 e. The van der Waals surface area contributed by atoms with Gasteiger partial charge in [-0.2, -0.15) is 0 Å². The monoisotopic (exact) mass is 554 g/mol. The van der Waals surface area contributed by atoms with Crippen LogP contribution in [-0.2, 0) is 11.3 Å². The summed E-state index contributed by atoms with van der Waals surface area (Å²) in [6, 6.07) is 11.1. The lowest BCUT2D eigenvalue weighted by Crippen LogP contribution is -2.27. The fraction of sp³-hybridized carbons (Fsp3) is 0.357. The van der Waals surface area contributed by atoms with E-state index in [-0.39, 0.29) is 18.0 Å². The number of amides is 1. The van der Waals surface area contributed by atoms with Crippen LogP contribution in [0.4, 0.5) is 5.82 Å². The number of fused-ring (bicyclic) bond motifs is 1. The molecule has 4 rings (SSSR count). The van der Waals surface area contributed by atoms with Gasteiger partial charge in [0.05, 0.1) is 17.0 Å². The first-order chi connectivity index (χ1) is 17.9. The number of anilines is 1. The maximum absolute atomic E-state index is 13.6. The largest absolute Gasteiger partial charge is 0.369 e. The summed E-state index contributed by atoms with van der Waals surface area (Å²) in [7, 11) is 0. The molecular weight excluding hydrogens is 524 g/mol. The summed E-state index contributed by atoms with van der Waals surface area (Å²) in [5, 5.41) is 3.93. The molecule has 194 valence electrons. The highest BCUT2D eigenvalue weighted by Crippen LogP contribution is 2.34. The second-order valence-electron chi connectivity index (χ2n) is 9.17. The summed E-state index contributed by atoms with van der Waals surface area (Å²) < 4.78 is 1.96. The van der Waals surface area contributed by atoms with Gasteiger partial charge in [0.1, 0.15) is 15.8 Å². The highest BCUT2D eigenvalue weighted by molar-refractivity contribution is 8.26. The summed E-state index contributed by atoms with van der Waals surface area (Å²) in [6.07, 6.45) is 10.4. The average Bonchev–Trinajstić information content (AvgIpc) is 3.14. The van der Waals surface area contributed by atoms with E-state index < -0.39 is 0 Å². The Morgan fingerprint density at radius 1 is 1.08 bits per heavy atom. The Morgan fingerprint density at radius 2 is 1.84 bits per heavy atom. The van der Waals surface area contributed by atoms with Crippen LogP contribution >= 0.6 is 35.6 Å². The molecule has 3 aromatic rings. The van der Waals surface area contributed by atoms with Gasteiger partial charge in [-0.3, -0.25) is 18.9 Å². The van der Waals surface area contributed by atoms with Crippen LogP contribution in [0.5, 0.6) is 0 Å². The van der Waals surface area contributed by atoms with E-state index in [1.807, 2.05) is 37.3 Å². The molecule has 37 heavy (non-hydrogen) atoms. The number of carbonyl (C=O) groups excluding carboxylic acids is 1. The Labute approximate surface area is 232 Å². The van der Waals surface area contributed by atoms with Crippen molar-refractivity contribution in [2.45, 2.75) is 58.9 Å². The van der Waals surface area contributed by atoms with E-state index in [4.69, 9.17) is 28.8 Å². The third-order valence-electron chi connectivity index (χ3n) is 6.26. The lowest BCUT2D eigenvalue weighted by molar-refractivity contribution is -0.122. The molecule has 1 saturated heterocycles. The molecule has 1 N–H and O–H groups in total. The Morgan fingerprint density at radius 3 is 2.62 bits per heavy atom. The third kappa shape index (κ3) is 6.61. The highest BCUT2D eigenvalue weighted by atomic mass is 35.5. The number of nitrogens with zero attached hydrogens (tertiary/aromatic N) is 3. The number of pyridine rings is 1. The lowest BCUT2D eigenvalue weighted by Gasteiger charge is -2.15. The van der Waals surface area contributed by atoms with E-state index in [1.54, 1.807) is 18.3 Å². The summed E-state index contributed by atoms with van der Waals surface area (Å²) in [6.45, 7) is 5.11. The fourth-order valence-corrected chi connectivity index (χ4v) is 5.63. The molecular formula is C28H31ClN4O2S2. The van der Waals surface area contributed by atoms with Crippen LogP contribution in [0.15, 0.2) is 52.3 Å². The summed E-state index contributed by atoms with van der Waals surface area (Å²) >= 11 is 13.0. The molecule has 0 radical (unpaired) electrons. The van der Waals surface area contributed by atoms with Gasteiger partial charge in [0.25, 0.3) is 11.5 Å². The predicted molar refractivity (Wildman–Crippen MR) is 158 cm³/mol. The first-order valence-electron chi connectivity index (χ1n) is 12.6. The van der Waals surface area contributed by atoms with Gasteiger partial charge in [0, 0.05) is 17.8 Å². The smallest absolute Gasteiger partial charge is 0.267 e. The fourth-order valence-electron chi connectivity index (χ4n) is 4.20. The van der Waals surface area contributed by atoms with Crippen LogP contribution in [0, 0.1) is 6.92 Å². The van der Waals surface area contributed by atoms with Crippen LogP contribution in [-0.4, -0.2) is 31.1 Å². The van der Waals surface area contributed by atoms with E-state index in [9.17, 15) is 9.59 Å². The summed E-state index contributed by atoms with van der Waals surface area (Å²) in [4.78, 5) is 33.5. The molecule has 1 aliphatic rings. The zero-order valence-electron chi connectivity index (χ0n) is 21.1. The molecule has 6 nitrogen and oxygen atoms in total. The molecule has 0 spiro atoms. The number of halogens is 1. The van der Waals surface area contributed by atoms with Crippen molar-refractivity contribution in [1.82, 2.24) is 14.3 Å². The molecule has 1 amide bonds. The average molecular weight is 555 g/mol. The molecule has 0 aliphatic carbocycles. The number of thioether (sulfide) groups is 1. The van der Waals surface area contributed by atoms with E-state index in [0.717, 1.165) is 24.0 Å². The zero-order chi connectivity index (χ0) is 26.4. The van der Waals surface area contributed by atoms with Crippen LogP contribution < -0.4 is 10.9 Å². The first kappa shape index (κ1) is 27.4. The van der Waals surface area contributed by atoms with Gasteiger partial charge in [-0.1, -0.05) is 98.9 Å². The van der Waals surface area contributed by atoms with E-state index in [0.29, 0.717) is 37.8 Å². The molecule has 9 heteroatoms. The van der Waals surface area contributed by atoms with Gasteiger partial charge in [0.2, 0.25) is 0 Å². The van der Waals surface area contributed by atoms with Crippen molar-refractivity contribution in [2.75, 3.05) is 11.9 Å². The number of hydrogen-bond donors (Lipinski definition) is 1. The van der Waals surface area contributed by atoms with Crippen molar-refractivity contribution in [2.24, 2.45) is 0 Å². The number of aromatic nitrogens is 2. The van der Waals surface area contributed by atoms with Crippen LogP contribution in [0.25, 0.3) is 11.7 Å². The quantitative estimate of drug-likeness (QED) is 0.159. The van der Waals surface area contributed by atoms with Gasteiger partial charge in [-0.15, -0.1) is 0 Å². The maximum Gasteiger partial charge on any atom is 0.267 e. The van der Waals surface area contributed by atoms with Gasteiger partial charge < -0.3 is 5.32 Å². The van der Waals surface area contributed by atoms with Crippen molar-refractivity contribution >= 4 is 63.3 Å². The Bertz CT molecular complexity index is 1400. The number of nitrogens with one attached hydrogen (secondary N) is 1. The highest BCUT2D eigenvalue weighted by Gasteiger charge is 2.33. The third-order valence-corrected chi connectivity index (χ3v) is 8.01. The molecule has 1 aliphatic heterocycles. The van der Waals surface area contributed by atoms with Gasteiger partial charge >= 0.3 is 0 Å². The van der Waals surface area contributed by atoms with E-state index >= 15 is 0 Å². The van der Waals surface area contributed by atoms with Crippen LogP contribution in [0.3, 0.4) is 0 Å². The summed E-state index contributed by atoms with van der Waals surface area (Å²) in [5.41, 5.74) is 2.44. The standard InChI is InChI=1S/C28H31ClN4O2S2/c1-3-4-5-6-7-10-15-30-25-21(26(34)32-17-19(2)13-14-24(32)31-25)16-23-27(35)33(28(36)37-23)18-20-11-8-9-12-22(20)29/h8-9,11-14,16-17,30H,3-7,10,15,18H2,1-2H3. The number of aryl methyl sites for hydroxylation is 1. The van der Waals surface area contributed by atoms with Crippen LogP contribution in [0.2, 0.25) is 5.02 Å². The second kappa shape index (κ2) is 12.7. The Kier molecular flexibility index (Phi) is 9.40. The lowest BCUT2D eigenvalue weighted by atomic mass is 10.1. The molecule has 0 atom stereocenters. The van der Waals surface area contributed by atoms with Crippen LogP contribution in [0.1, 0.15) is 62.1 Å². The molecule has 2 aromatic heterocycles. The zero-order valence-corrected chi connectivity index (χ0v) is 23.5. The van der Waals surface area contributed by atoms with E-state index in [1.165, 1.54) is 46.7 Å². The number of hydrogen-bond acceptors (Lipinski definition) is 6. The molecule has 3 heterocycles. The number of benzene rings is 1. The van der Waals surface area contributed by atoms with Crippen molar-refractivity contribution < 1.29 is 4.79 Å². The van der Waals surface area contributed by atoms with E-state index in [2.05, 4.69) is 12.2 Å². The second-order valence-corrected chi connectivity index (χ2v) is 11.3. The Balaban J connectivity index is 1.61. The Hall–Kier alpha value is -2.68. The summed E-state index contributed by atoms with van der Waals surface area (Å²) in [5.74, 6) is 0.240. The maximum atomic E-state index is 13.6. The number of carbonyl (C=O) groups is 1. The van der Waals surface area contributed by atoms with Crippen molar-refractivity contribution in [1.29, 1.82) is 0 Å². The van der Waals surface area contributed by atoms with Crippen molar-refractivity contribution in [3.63, 3.8) is 0 Å². The molecule has 0 unspecified atom stereocenters. The molecule has 1 fully saturated rings. The number of unbranched alkanes of at least 4 members (excludes halogenated alkanes) is 5.